The van der Waals surface area contributed by atoms with E-state index in [-0.39, 0.29) is 48.5 Å². The molecule has 3 aromatic carbocycles. The Bertz CT molecular complexity index is 2320. The van der Waals surface area contributed by atoms with Gasteiger partial charge in [-0.05, 0) is 54.8 Å². The average molecular weight is 916 g/mol. The first kappa shape index (κ1) is 49.6. The number of hydrogen-bond donors (Lipinski definition) is 6. The minimum Gasteiger partial charge on any atom is -0.456 e. The van der Waals surface area contributed by atoms with E-state index in [0.29, 0.717) is 5.56 Å². The van der Waals surface area contributed by atoms with Crippen molar-refractivity contribution in [2.75, 3.05) is 19.8 Å². The van der Waals surface area contributed by atoms with Crippen molar-refractivity contribution in [3.05, 3.63) is 119 Å². The highest BCUT2D eigenvalue weighted by molar-refractivity contribution is 5.96. The van der Waals surface area contributed by atoms with Gasteiger partial charge in [0.2, 0.25) is 0 Å². The molecule has 1 aliphatic heterocycles. The number of ketones is 1. The van der Waals surface area contributed by atoms with Crippen LogP contribution in [0.2, 0.25) is 0 Å². The second kappa shape index (κ2) is 19.6. The quantitative estimate of drug-likeness (QED) is 0.0918. The van der Waals surface area contributed by atoms with E-state index in [1.165, 1.54) is 26.0 Å². The SMILES string of the molecule is CC(=O)O[C@H]1C(=O)[C@@]2(C)[C@H]([C@H](OC(=O)c3ccccc3)[C@]3(O)C[C@H](OC(=O)[C@H](O)[C@@H](NC(=O)c4ccccc4)c4ccccc4)C(C)=C1C3(C)C)[C@]1(OC(C)=O)CO[C@@H]1C[C@@H]2O.OCCO. The molecule has 66 heavy (non-hydrogen) atoms. The summed E-state index contributed by atoms with van der Waals surface area (Å²) < 4.78 is 30.3. The normalized spacial score (nSPS) is 30.4. The van der Waals surface area contributed by atoms with Gasteiger partial charge >= 0.3 is 23.9 Å². The van der Waals surface area contributed by atoms with Gasteiger partial charge in [-0.3, -0.25) is 19.2 Å². The summed E-state index contributed by atoms with van der Waals surface area (Å²) in [5.41, 5.74) is -7.02. The van der Waals surface area contributed by atoms with Crippen molar-refractivity contribution < 1.29 is 78.0 Å². The Morgan fingerprint density at radius 1 is 0.818 bits per heavy atom. The number of carbonyl (C=O) groups excluding carboxylic acids is 6. The number of rotatable bonds is 11. The largest absolute Gasteiger partial charge is 0.456 e. The highest BCUT2D eigenvalue weighted by Crippen LogP contribution is 2.64. The van der Waals surface area contributed by atoms with Crippen LogP contribution < -0.4 is 5.32 Å². The summed E-state index contributed by atoms with van der Waals surface area (Å²) in [6.07, 6.45) is -10.5. The molecule has 1 saturated heterocycles. The van der Waals surface area contributed by atoms with E-state index in [2.05, 4.69) is 5.32 Å². The number of carbonyl (C=O) groups is 6. The summed E-state index contributed by atoms with van der Waals surface area (Å²) in [5.74, 6) is -6.84. The highest BCUT2D eigenvalue weighted by Gasteiger charge is 2.78. The van der Waals surface area contributed by atoms with Crippen molar-refractivity contribution in [2.45, 2.75) is 108 Å². The van der Waals surface area contributed by atoms with E-state index in [1.807, 2.05) is 0 Å². The fourth-order valence-electron chi connectivity index (χ4n) is 10.2. The Morgan fingerprint density at radius 2 is 1.38 bits per heavy atom. The lowest BCUT2D eigenvalue weighted by molar-refractivity contribution is -0.346. The van der Waals surface area contributed by atoms with Crippen molar-refractivity contribution in [3.8, 4) is 0 Å². The van der Waals surface area contributed by atoms with Crippen LogP contribution in [0.4, 0.5) is 0 Å². The standard InChI is InChI=1S/C47H51NO14.C2H6O2/c1-25-31(60-43(56)36(52)35(28-16-10-7-11-17-28)48-41(54)29-18-12-8-13-19-29)23-47(57)40(61-42(55)30-20-14-9-15-21-30)38-45(6,32(51)22-33-46(38,24-58-33)62-27(3)50)39(53)37(59-26(2)49)34(25)44(47,4)5;3-1-2-4/h7-21,31-33,35-38,40,51-52,57H,22-24H2,1-6H3,(H,48,54);3-4H,1-2H2/t31-,32-,33+,35-,36+,37+,38-,40-,45+,46-,47+;/m0./s1. The maximum Gasteiger partial charge on any atom is 0.338 e. The fourth-order valence-corrected chi connectivity index (χ4v) is 10.2. The lowest BCUT2D eigenvalue weighted by atomic mass is 9.44. The second-order valence-electron chi connectivity index (χ2n) is 17.8. The van der Waals surface area contributed by atoms with Gasteiger partial charge in [0.1, 0.15) is 23.9 Å². The fraction of sp³-hybridized carbons (Fsp3) is 0.469. The summed E-state index contributed by atoms with van der Waals surface area (Å²) in [6, 6.07) is 22.9. The van der Waals surface area contributed by atoms with Crippen LogP contribution in [0.1, 0.15) is 86.7 Å². The molecule has 7 rings (SSSR count). The Kier molecular flexibility index (Phi) is 14.7. The van der Waals surface area contributed by atoms with Crippen molar-refractivity contribution in [1.29, 1.82) is 0 Å². The van der Waals surface area contributed by atoms with E-state index in [4.69, 9.17) is 33.9 Å². The average Bonchev–Trinajstić information content (AvgIpc) is 3.29. The number of ether oxygens (including phenoxy) is 5. The number of aliphatic hydroxyl groups is 5. The Hall–Kier alpha value is -5.82. The van der Waals surface area contributed by atoms with Crippen molar-refractivity contribution in [3.63, 3.8) is 0 Å². The first-order valence-electron chi connectivity index (χ1n) is 21.6. The minimum absolute atomic E-state index is 0.00289. The van der Waals surface area contributed by atoms with Gasteiger partial charge in [-0.2, -0.15) is 0 Å². The Morgan fingerprint density at radius 3 is 1.89 bits per heavy atom. The number of Topliss-reactive ketones (excluding diaryl/α,β-unsaturated/α-hetero) is 1. The number of benzene rings is 3. The summed E-state index contributed by atoms with van der Waals surface area (Å²) in [6.45, 7) is 7.72. The number of esters is 4. The van der Waals surface area contributed by atoms with E-state index in [0.717, 1.165) is 13.8 Å². The van der Waals surface area contributed by atoms with E-state index >= 15 is 4.79 Å². The molecule has 11 atom stereocenters. The predicted molar refractivity (Wildman–Crippen MR) is 232 cm³/mol. The number of nitrogens with one attached hydrogen (secondary N) is 1. The third kappa shape index (κ3) is 8.90. The molecule has 3 aromatic rings. The van der Waals surface area contributed by atoms with Crippen LogP contribution in [0.5, 0.6) is 0 Å². The molecule has 2 bridgehead atoms. The summed E-state index contributed by atoms with van der Waals surface area (Å²) in [7, 11) is 0. The summed E-state index contributed by atoms with van der Waals surface area (Å²) >= 11 is 0. The van der Waals surface area contributed by atoms with Crippen molar-refractivity contribution >= 4 is 35.6 Å². The van der Waals surface area contributed by atoms with E-state index in [1.54, 1.807) is 92.7 Å². The maximum absolute atomic E-state index is 15.5. The van der Waals surface area contributed by atoms with Crippen molar-refractivity contribution in [1.82, 2.24) is 5.32 Å². The molecule has 17 heteroatoms. The molecular weight excluding hydrogens is 859 g/mol. The number of fused-ring (bicyclic) bond motifs is 5. The van der Waals surface area contributed by atoms with Crippen LogP contribution in [0.15, 0.2) is 102 Å². The summed E-state index contributed by atoms with van der Waals surface area (Å²) in [5, 5.41) is 55.5. The van der Waals surface area contributed by atoms with Gasteiger partial charge in [0, 0.05) is 37.7 Å². The Labute approximate surface area is 381 Å². The monoisotopic (exact) mass is 915 g/mol. The molecular formula is C49H57NO16. The molecule has 1 heterocycles. The molecule has 0 unspecified atom stereocenters. The molecule has 6 N–H and O–H groups in total. The number of aliphatic hydroxyl groups excluding tert-OH is 4. The summed E-state index contributed by atoms with van der Waals surface area (Å²) in [4.78, 5) is 83.5. The van der Waals surface area contributed by atoms with Gasteiger partial charge < -0.3 is 54.5 Å². The second-order valence-corrected chi connectivity index (χ2v) is 17.8. The van der Waals surface area contributed by atoms with Gasteiger partial charge in [-0.1, -0.05) is 80.6 Å². The molecule has 3 fully saturated rings. The molecule has 0 spiro atoms. The topological polar surface area (TPSA) is 262 Å². The zero-order valence-electron chi connectivity index (χ0n) is 37.5. The molecule has 4 aliphatic rings. The Balaban J connectivity index is 0.00000173. The molecule has 0 aromatic heterocycles. The van der Waals surface area contributed by atoms with Crippen LogP contribution >= 0.6 is 0 Å². The maximum atomic E-state index is 15.5. The van der Waals surface area contributed by atoms with Crippen LogP contribution in [-0.4, -0.2) is 129 Å². The lowest BCUT2D eigenvalue weighted by Crippen LogP contribution is -2.82. The minimum atomic E-state index is -2.39. The van der Waals surface area contributed by atoms with Crippen LogP contribution in [0.3, 0.4) is 0 Å². The van der Waals surface area contributed by atoms with Gasteiger partial charge in [-0.15, -0.1) is 0 Å². The smallest absolute Gasteiger partial charge is 0.338 e. The van der Waals surface area contributed by atoms with Gasteiger partial charge in [0.25, 0.3) is 5.91 Å². The van der Waals surface area contributed by atoms with Crippen LogP contribution in [0, 0.1) is 16.7 Å². The van der Waals surface area contributed by atoms with Crippen molar-refractivity contribution in [2.24, 2.45) is 16.7 Å². The zero-order valence-corrected chi connectivity index (χ0v) is 37.5. The first-order chi connectivity index (χ1) is 31.2. The van der Waals surface area contributed by atoms with Gasteiger partial charge in [0.15, 0.2) is 23.6 Å². The molecule has 17 nitrogen and oxygen atoms in total. The van der Waals surface area contributed by atoms with Gasteiger partial charge in [0.05, 0.1) is 48.9 Å². The molecule has 0 radical (unpaired) electrons. The lowest BCUT2D eigenvalue weighted by Gasteiger charge is -2.67. The number of amides is 1. The van der Waals surface area contributed by atoms with Crippen LogP contribution in [-0.2, 0) is 42.9 Å². The first-order valence-corrected chi connectivity index (χ1v) is 21.6. The molecule has 2 saturated carbocycles. The third-order valence-corrected chi connectivity index (χ3v) is 13.6. The molecule has 3 aliphatic carbocycles. The van der Waals surface area contributed by atoms with Gasteiger partial charge in [-0.25, -0.2) is 9.59 Å². The molecule has 1 amide bonds. The number of hydrogen-bond acceptors (Lipinski definition) is 16. The van der Waals surface area contributed by atoms with E-state index in [9.17, 15) is 39.3 Å². The predicted octanol–water partition coefficient (Wildman–Crippen LogP) is 2.71. The molecule has 354 valence electrons. The third-order valence-electron chi connectivity index (χ3n) is 13.6. The highest BCUT2D eigenvalue weighted by atomic mass is 16.6. The van der Waals surface area contributed by atoms with Crippen LogP contribution in [0.25, 0.3) is 0 Å². The zero-order chi connectivity index (χ0) is 48.4. The van der Waals surface area contributed by atoms with E-state index < -0.39 is 113 Å².